The summed E-state index contributed by atoms with van der Waals surface area (Å²) in [5.74, 6) is -0.330. The molecular weight excluding hydrogens is 272 g/mol. The standard InChI is InChI=1S/C14H10N4O3/c1-20-13-5-10(3-4-11(13)14(19)21-2)18-12(8-17)9(6-15)7-16/h3-5,18H,1-2H3. The van der Waals surface area contributed by atoms with Crippen molar-refractivity contribution in [1.29, 1.82) is 15.8 Å². The number of allylic oxidation sites excluding steroid dienone is 2. The van der Waals surface area contributed by atoms with E-state index in [1.54, 1.807) is 18.2 Å². The predicted molar refractivity (Wildman–Crippen MR) is 71.8 cm³/mol. The average Bonchev–Trinajstić information content (AvgIpc) is 2.53. The molecule has 1 rings (SSSR count). The lowest BCUT2D eigenvalue weighted by Gasteiger charge is -2.10. The molecule has 0 saturated carbocycles. The number of hydrogen-bond donors (Lipinski definition) is 1. The number of nitriles is 3. The van der Waals surface area contributed by atoms with Gasteiger partial charge in [-0.2, -0.15) is 15.8 Å². The SMILES string of the molecule is COC(=O)c1ccc(NC(C#N)=C(C#N)C#N)cc1OC. The van der Waals surface area contributed by atoms with Crippen molar-refractivity contribution in [1.82, 2.24) is 0 Å². The number of carbonyl (C=O) groups excluding carboxylic acids is 1. The number of benzene rings is 1. The first kappa shape index (κ1) is 15.6. The summed E-state index contributed by atoms with van der Waals surface area (Å²) >= 11 is 0. The van der Waals surface area contributed by atoms with Gasteiger partial charge in [0, 0.05) is 11.8 Å². The minimum Gasteiger partial charge on any atom is -0.496 e. The van der Waals surface area contributed by atoms with E-state index in [2.05, 4.69) is 10.1 Å². The minimum absolute atomic E-state index is 0.187. The largest absolute Gasteiger partial charge is 0.496 e. The Morgan fingerprint density at radius 3 is 2.29 bits per heavy atom. The van der Waals surface area contributed by atoms with Crippen LogP contribution in [0.2, 0.25) is 0 Å². The van der Waals surface area contributed by atoms with Crippen molar-refractivity contribution >= 4 is 11.7 Å². The lowest BCUT2D eigenvalue weighted by atomic mass is 10.1. The van der Waals surface area contributed by atoms with E-state index >= 15 is 0 Å². The van der Waals surface area contributed by atoms with Gasteiger partial charge in [-0.3, -0.25) is 0 Å². The van der Waals surface area contributed by atoms with E-state index in [0.29, 0.717) is 5.69 Å². The van der Waals surface area contributed by atoms with Crippen LogP contribution in [0.15, 0.2) is 29.5 Å². The second kappa shape index (κ2) is 7.18. The zero-order chi connectivity index (χ0) is 15.8. The average molecular weight is 282 g/mol. The number of nitrogens with zero attached hydrogens (tertiary/aromatic N) is 3. The zero-order valence-corrected chi connectivity index (χ0v) is 11.3. The normalized spacial score (nSPS) is 8.52. The fourth-order valence-corrected chi connectivity index (χ4v) is 1.48. The summed E-state index contributed by atoms with van der Waals surface area (Å²) < 4.78 is 9.67. The van der Waals surface area contributed by atoms with E-state index in [1.165, 1.54) is 32.4 Å². The van der Waals surface area contributed by atoms with Crippen LogP contribution >= 0.6 is 0 Å². The fraction of sp³-hybridized carbons (Fsp3) is 0.143. The molecule has 1 aromatic carbocycles. The van der Waals surface area contributed by atoms with Crippen molar-refractivity contribution in [2.75, 3.05) is 19.5 Å². The second-order valence-electron chi connectivity index (χ2n) is 3.62. The highest BCUT2D eigenvalue weighted by Gasteiger charge is 2.14. The molecule has 0 aliphatic heterocycles. The number of ether oxygens (including phenoxy) is 2. The molecule has 21 heavy (non-hydrogen) atoms. The summed E-state index contributed by atoms with van der Waals surface area (Å²) in [7, 11) is 2.62. The number of carbonyl (C=O) groups is 1. The molecule has 0 atom stereocenters. The van der Waals surface area contributed by atoms with Crippen LogP contribution < -0.4 is 10.1 Å². The number of rotatable bonds is 4. The van der Waals surface area contributed by atoms with E-state index in [-0.39, 0.29) is 22.6 Å². The van der Waals surface area contributed by atoms with Crippen LogP contribution in [0.1, 0.15) is 10.4 Å². The summed E-state index contributed by atoms with van der Waals surface area (Å²) in [5.41, 5.74) is 0.0780. The molecule has 0 unspecified atom stereocenters. The third-order valence-corrected chi connectivity index (χ3v) is 2.46. The van der Waals surface area contributed by atoms with Gasteiger partial charge in [0.15, 0.2) is 5.57 Å². The third-order valence-electron chi connectivity index (χ3n) is 2.46. The number of hydrogen-bond acceptors (Lipinski definition) is 7. The van der Waals surface area contributed by atoms with Gasteiger partial charge in [0.2, 0.25) is 0 Å². The Labute approximate surface area is 121 Å². The van der Waals surface area contributed by atoms with E-state index < -0.39 is 5.97 Å². The fourth-order valence-electron chi connectivity index (χ4n) is 1.48. The van der Waals surface area contributed by atoms with Gasteiger partial charge in [0.25, 0.3) is 0 Å². The highest BCUT2D eigenvalue weighted by Crippen LogP contribution is 2.25. The Balaban J connectivity index is 3.22. The van der Waals surface area contributed by atoms with Crippen molar-refractivity contribution in [3.05, 3.63) is 35.0 Å². The van der Waals surface area contributed by atoms with Crippen LogP contribution in [0.4, 0.5) is 5.69 Å². The van der Waals surface area contributed by atoms with Crippen LogP contribution in [0, 0.1) is 34.0 Å². The second-order valence-corrected chi connectivity index (χ2v) is 3.62. The highest BCUT2D eigenvalue weighted by atomic mass is 16.5. The molecule has 0 fully saturated rings. The molecule has 0 aromatic heterocycles. The summed E-state index contributed by atoms with van der Waals surface area (Å²) in [5, 5.41) is 29.1. The Morgan fingerprint density at radius 2 is 1.81 bits per heavy atom. The molecule has 0 aliphatic carbocycles. The van der Waals surface area contributed by atoms with Gasteiger partial charge in [0.1, 0.15) is 35.2 Å². The van der Waals surface area contributed by atoms with Gasteiger partial charge < -0.3 is 14.8 Å². The highest BCUT2D eigenvalue weighted by molar-refractivity contribution is 5.93. The molecule has 1 N–H and O–H groups in total. The van der Waals surface area contributed by atoms with Crippen LogP contribution in [0.3, 0.4) is 0 Å². The first-order chi connectivity index (χ1) is 10.1. The van der Waals surface area contributed by atoms with E-state index in [4.69, 9.17) is 20.5 Å². The van der Waals surface area contributed by atoms with Crippen molar-refractivity contribution < 1.29 is 14.3 Å². The van der Waals surface area contributed by atoms with Crippen LogP contribution in [0.5, 0.6) is 5.75 Å². The first-order valence-corrected chi connectivity index (χ1v) is 5.59. The molecule has 1 aromatic rings. The van der Waals surface area contributed by atoms with Crippen LogP contribution in [-0.2, 0) is 4.74 Å². The molecule has 0 radical (unpaired) electrons. The van der Waals surface area contributed by atoms with E-state index in [9.17, 15) is 4.79 Å². The van der Waals surface area contributed by atoms with Crippen molar-refractivity contribution in [2.45, 2.75) is 0 Å². The summed E-state index contributed by atoms with van der Waals surface area (Å²) in [6, 6.07) is 9.36. The number of nitrogens with one attached hydrogen (secondary N) is 1. The van der Waals surface area contributed by atoms with Gasteiger partial charge in [-0.1, -0.05) is 0 Å². The van der Waals surface area contributed by atoms with Crippen molar-refractivity contribution in [3.8, 4) is 24.0 Å². The van der Waals surface area contributed by atoms with E-state index in [1.807, 2.05) is 0 Å². The molecule has 7 nitrogen and oxygen atoms in total. The Kier molecular flexibility index (Phi) is 5.32. The maximum Gasteiger partial charge on any atom is 0.341 e. The maximum absolute atomic E-state index is 11.5. The smallest absolute Gasteiger partial charge is 0.341 e. The minimum atomic E-state index is -0.566. The lowest BCUT2D eigenvalue weighted by molar-refractivity contribution is 0.0597. The third kappa shape index (κ3) is 3.50. The Hall–Kier alpha value is -3.50. The summed E-state index contributed by atoms with van der Waals surface area (Å²) in [6.07, 6.45) is 0. The predicted octanol–water partition coefficient (Wildman–Crippen LogP) is 1.72. The van der Waals surface area contributed by atoms with Crippen molar-refractivity contribution in [2.24, 2.45) is 0 Å². The molecule has 0 heterocycles. The summed E-state index contributed by atoms with van der Waals surface area (Å²) in [4.78, 5) is 11.5. The monoisotopic (exact) mass is 282 g/mol. The molecular formula is C14H10N4O3. The molecule has 0 aliphatic rings. The number of esters is 1. The Morgan fingerprint density at radius 1 is 1.14 bits per heavy atom. The molecule has 0 saturated heterocycles. The van der Waals surface area contributed by atoms with Crippen LogP contribution in [-0.4, -0.2) is 20.2 Å². The molecule has 0 amide bonds. The van der Waals surface area contributed by atoms with Crippen LogP contribution in [0.25, 0.3) is 0 Å². The lowest BCUT2D eigenvalue weighted by Crippen LogP contribution is -2.06. The zero-order valence-electron chi connectivity index (χ0n) is 11.3. The number of anilines is 1. The molecule has 7 heteroatoms. The molecule has 104 valence electrons. The first-order valence-electron chi connectivity index (χ1n) is 5.59. The van der Waals surface area contributed by atoms with E-state index in [0.717, 1.165) is 0 Å². The Bertz CT molecular complexity index is 701. The topological polar surface area (TPSA) is 119 Å². The quantitative estimate of drug-likeness (QED) is 0.659. The van der Waals surface area contributed by atoms with Gasteiger partial charge in [0.05, 0.1) is 14.2 Å². The molecule has 0 bridgehead atoms. The molecule has 0 spiro atoms. The van der Waals surface area contributed by atoms with Gasteiger partial charge in [-0.25, -0.2) is 4.79 Å². The van der Waals surface area contributed by atoms with Gasteiger partial charge >= 0.3 is 5.97 Å². The summed E-state index contributed by atoms with van der Waals surface area (Å²) in [6.45, 7) is 0. The van der Waals surface area contributed by atoms with Gasteiger partial charge in [-0.15, -0.1) is 0 Å². The number of methoxy groups -OCH3 is 2. The maximum atomic E-state index is 11.5. The van der Waals surface area contributed by atoms with Gasteiger partial charge in [-0.05, 0) is 12.1 Å². The van der Waals surface area contributed by atoms with Crippen molar-refractivity contribution in [3.63, 3.8) is 0 Å².